The molecule has 2 N–H and O–H groups in total. The van der Waals surface area contributed by atoms with Crippen molar-refractivity contribution >= 4 is 27.5 Å². The summed E-state index contributed by atoms with van der Waals surface area (Å²) >= 11 is 1.54. The summed E-state index contributed by atoms with van der Waals surface area (Å²) in [5.41, 5.74) is 1.16. The predicted octanol–water partition coefficient (Wildman–Crippen LogP) is 1.65. The Morgan fingerprint density at radius 3 is 2.63 bits per heavy atom. The van der Waals surface area contributed by atoms with Crippen LogP contribution < -0.4 is 16.6 Å². The Bertz CT molecular complexity index is 1180. The van der Waals surface area contributed by atoms with Gasteiger partial charge in [0, 0.05) is 18.0 Å². The predicted molar refractivity (Wildman–Crippen MR) is 117 cm³/mol. The molecule has 0 fully saturated rings. The molecule has 0 spiro atoms. The Hall–Kier alpha value is -2.71. The van der Waals surface area contributed by atoms with Gasteiger partial charge >= 0.3 is 5.69 Å². The molecule has 3 aromatic rings. The molecule has 1 amide bonds. The zero-order chi connectivity index (χ0) is 21.1. The van der Waals surface area contributed by atoms with Crippen molar-refractivity contribution in [3.8, 4) is 0 Å². The van der Waals surface area contributed by atoms with Gasteiger partial charge in [0.2, 0.25) is 5.91 Å². The molecule has 158 valence electrons. The highest BCUT2D eigenvalue weighted by molar-refractivity contribution is 7.18. The maximum Gasteiger partial charge on any atom is 0.332 e. The normalized spacial score (nSPS) is 13.4. The summed E-state index contributed by atoms with van der Waals surface area (Å²) in [6.45, 7) is 0.302. The van der Waals surface area contributed by atoms with Crippen LogP contribution in [0.2, 0.25) is 0 Å². The van der Waals surface area contributed by atoms with Crippen molar-refractivity contribution in [2.45, 2.75) is 45.2 Å². The van der Waals surface area contributed by atoms with E-state index in [9.17, 15) is 14.4 Å². The lowest BCUT2D eigenvalue weighted by molar-refractivity contribution is -0.121. The van der Waals surface area contributed by atoms with Crippen molar-refractivity contribution in [1.29, 1.82) is 0 Å². The Morgan fingerprint density at radius 1 is 1.10 bits per heavy atom. The Balaban J connectivity index is 1.83. The smallest absolute Gasteiger partial charge is 0.332 e. The van der Waals surface area contributed by atoms with Crippen LogP contribution >= 0.6 is 11.3 Å². The quantitative estimate of drug-likeness (QED) is 0.561. The van der Waals surface area contributed by atoms with Crippen LogP contribution in [0.25, 0.3) is 10.2 Å². The van der Waals surface area contributed by atoms with Crippen LogP contribution in [-0.4, -0.2) is 33.3 Å². The van der Waals surface area contributed by atoms with E-state index in [1.807, 2.05) is 30.3 Å². The number of aryl methyl sites for hydroxylation is 2. The zero-order valence-electron chi connectivity index (χ0n) is 16.7. The SMILES string of the molecule is O=C(Cn1c(=O)c2c3c(sc2n(Cc2ccccc2)c1=O)CCCC3)NCCCO. The lowest BCUT2D eigenvalue weighted by Crippen LogP contribution is -2.44. The molecule has 0 unspecified atom stereocenters. The molecule has 7 nitrogen and oxygen atoms in total. The molecule has 2 aromatic heterocycles. The Kier molecular flexibility index (Phi) is 6.15. The van der Waals surface area contributed by atoms with Crippen LogP contribution in [0.5, 0.6) is 0 Å². The average molecular weight is 428 g/mol. The van der Waals surface area contributed by atoms with Gasteiger partial charge in [-0.05, 0) is 43.2 Å². The van der Waals surface area contributed by atoms with Gasteiger partial charge in [-0.1, -0.05) is 30.3 Å². The summed E-state index contributed by atoms with van der Waals surface area (Å²) in [5, 5.41) is 12.1. The van der Waals surface area contributed by atoms with Crippen molar-refractivity contribution in [1.82, 2.24) is 14.5 Å². The molecule has 0 radical (unpaired) electrons. The topological polar surface area (TPSA) is 93.3 Å². The molecule has 1 aliphatic rings. The van der Waals surface area contributed by atoms with Gasteiger partial charge < -0.3 is 10.4 Å². The first-order valence-electron chi connectivity index (χ1n) is 10.3. The highest BCUT2D eigenvalue weighted by Gasteiger charge is 2.24. The van der Waals surface area contributed by atoms with E-state index in [2.05, 4.69) is 5.32 Å². The standard InChI is InChI=1S/C22H25N3O4S/c26-12-6-11-23-18(27)14-24-20(28)19-16-9-4-5-10-17(16)30-21(19)25(22(24)29)13-15-7-2-1-3-8-15/h1-3,7-8,26H,4-6,9-14H2,(H,23,27). The Labute approximate surface area is 177 Å². The number of hydrogen-bond acceptors (Lipinski definition) is 5. The van der Waals surface area contributed by atoms with Crippen molar-refractivity contribution in [2.24, 2.45) is 0 Å². The number of amides is 1. The molecule has 0 saturated carbocycles. The van der Waals surface area contributed by atoms with Crippen molar-refractivity contribution in [3.05, 3.63) is 67.2 Å². The first-order valence-corrected chi connectivity index (χ1v) is 11.1. The second-order valence-electron chi connectivity index (χ2n) is 7.56. The van der Waals surface area contributed by atoms with Crippen molar-refractivity contribution in [3.63, 3.8) is 0 Å². The molecule has 0 aliphatic heterocycles. The number of thiophene rings is 1. The summed E-state index contributed by atoms with van der Waals surface area (Å²) < 4.78 is 2.69. The average Bonchev–Trinajstić information content (AvgIpc) is 3.15. The van der Waals surface area contributed by atoms with Gasteiger partial charge in [-0.2, -0.15) is 0 Å². The highest BCUT2D eigenvalue weighted by atomic mass is 32.1. The van der Waals surface area contributed by atoms with E-state index in [1.165, 1.54) is 16.2 Å². The fourth-order valence-electron chi connectivity index (χ4n) is 3.97. The summed E-state index contributed by atoms with van der Waals surface area (Å²) in [7, 11) is 0. The fourth-order valence-corrected chi connectivity index (χ4v) is 5.34. The van der Waals surface area contributed by atoms with Crippen LogP contribution in [-0.2, 0) is 30.7 Å². The number of carbonyl (C=O) groups is 1. The first-order chi connectivity index (χ1) is 14.6. The third-order valence-electron chi connectivity index (χ3n) is 5.46. The van der Waals surface area contributed by atoms with E-state index < -0.39 is 11.6 Å². The molecule has 0 saturated heterocycles. The number of nitrogens with one attached hydrogen (secondary N) is 1. The van der Waals surface area contributed by atoms with Gasteiger partial charge in [0.1, 0.15) is 11.4 Å². The van der Waals surface area contributed by atoms with Crippen LogP contribution in [0.15, 0.2) is 39.9 Å². The molecule has 2 heterocycles. The van der Waals surface area contributed by atoms with Gasteiger partial charge in [-0.3, -0.25) is 18.7 Å². The zero-order valence-corrected chi connectivity index (χ0v) is 17.5. The Morgan fingerprint density at radius 2 is 1.87 bits per heavy atom. The monoisotopic (exact) mass is 427 g/mol. The van der Waals surface area contributed by atoms with Gasteiger partial charge in [0.05, 0.1) is 11.9 Å². The van der Waals surface area contributed by atoms with Crippen molar-refractivity contribution in [2.75, 3.05) is 13.2 Å². The minimum Gasteiger partial charge on any atom is -0.396 e. The molecule has 1 aromatic carbocycles. The number of aliphatic hydroxyl groups is 1. The minimum atomic E-state index is -0.466. The molecule has 8 heteroatoms. The number of benzene rings is 1. The summed E-state index contributed by atoms with van der Waals surface area (Å²) in [6, 6.07) is 9.65. The van der Waals surface area contributed by atoms with Gasteiger partial charge in [0.15, 0.2) is 0 Å². The van der Waals surface area contributed by atoms with Crippen LogP contribution in [0.1, 0.15) is 35.3 Å². The molecule has 0 atom stereocenters. The van der Waals surface area contributed by atoms with Crippen LogP contribution in [0.3, 0.4) is 0 Å². The highest BCUT2D eigenvalue weighted by Crippen LogP contribution is 2.34. The lowest BCUT2D eigenvalue weighted by Gasteiger charge is -2.13. The van der Waals surface area contributed by atoms with E-state index in [0.717, 1.165) is 41.4 Å². The van der Waals surface area contributed by atoms with E-state index >= 15 is 0 Å². The minimum absolute atomic E-state index is 0.0306. The number of fused-ring (bicyclic) bond motifs is 3. The maximum atomic E-state index is 13.3. The van der Waals surface area contributed by atoms with E-state index in [-0.39, 0.29) is 18.7 Å². The number of aliphatic hydroxyl groups excluding tert-OH is 1. The first kappa shape index (κ1) is 20.6. The van der Waals surface area contributed by atoms with E-state index in [1.54, 1.807) is 4.57 Å². The molecule has 0 bridgehead atoms. The number of hydrogen-bond donors (Lipinski definition) is 2. The fraction of sp³-hybridized carbons (Fsp3) is 0.409. The third-order valence-corrected chi connectivity index (χ3v) is 6.78. The van der Waals surface area contributed by atoms with Crippen LogP contribution in [0, 0.1) is 0 Å². The van der Waals surface area contributed by atoms with Gasteiger partial charge in [-0.15, -0.1) is 11.3 Å². The third kappa shape index (κ3) is 3.97. The van der Waals surface area contributed by atoms with E-state index in [4.69, 9.17) is 5.11 Å². The second-order valence-corrected chi connectivity index (χ2v) is 8.65. The molecule has 1 aliphatic carbocycles. The van der Waals surface area contributed by atoms with Crippen LogP contribution in [0.4, 0.5) is 0 Å². The molecule has 4 rings (SSSR count). The maximum absolute atomic E-state index is 13.3. The van der Waals surface area contributed by atoms with Gasteiger partial charge in [-0.25, -0.2) is 4.79 Å². The largest absolute Gasteiger partial charge is 0.396 e. The number of rotatable bonds is 7. The van der Waals surface area contributed by atoms with Crippen molar-refractivity contribution < 1.29 is 9.90 Å². The molecular weight excluding hydrogens is 402 g/mol. The summed E-state index contributed by atoms with van der Waals surface area (Å²) in [5.74, 6) is -0.405. The number of carbonyl (C=O) groups excluding carboxylic acids is 1. The molecular formula is C22H25N3O4S. The summed E-state index contributed by atoms with van der Waals surface area (Å²) in [6.07, 6.45) is 4.30. The van der Waals surface area contributed by atoms with E-state index in [0.29, 0.717) is 29.7 Å². The molecule has 30 heavy (non-hydrogen) atoms. The number of aromatic nitrogens is 2. The summed E-state index contributed by atoms with van der Waals surface area (Å²) in [4.78, 5) is 40.8. The lowest BCUT2D eigenvalue weighted by atomic mass is 9.97. The number of nitrogens with zero attached hydrogens (tertiary/aromatic N) is 2. The second kappa shape index (κ2) is 8.97. The van der Waals surface area contributed by atoms with Gasteiger partial charge in [0.25, 0.3) is 5.56 Å².